The van der Waals surface area contributed by atoms with Crippen molar-refractivity contribution in [2.24, 2.45) is 0 Å². The van der Waals surface area contributed by atoms with E-state index in [1.807, 2.05) is 41.3 Å². The molecule has 0 bridgehead atoms. The molecule has 0 radical (unpaired) electrons. The molecule has 1 aliphatic rings. The third kappa shape index (κ3) is 6.00. The van der Waals surface area contributed by atoms with E-state index in [1.165, 1.54) is 0 Å². The van der Waals surface area contributed by atoms with Crippen molar-refractivity contribution >= 4 is 28.1 Å². The first-order valence-corrected chi connectivity index (χ1v) is 6.59. The Morgan fingerprint density at radius 2 is 1.84 bits per heavy atom. The van der Waals surface area contributed by atoms with Crippen LogP contribution in [0.2, 0.25) is 0 Å². The molecule has 1 aromatic carbocycles. The summed E-state index contributed by atoms with van der Waals surface area (Å²) in [6.45, 7) is 0.727. The fraction of sp³-hybridized carbons (Fsp3) is 0.182. The number of anilines is 1. The van der Waals surface area contributed by atoms with E-state index in [-0.39, 0.29) is 6.54 Å². The number of benzene rings is 1. The summed E-state index contributed by atoms with van der Waals surface area (Å²) in [6, 6.07) is 7.81. The van der Waals surface area contributed by atoms with Gasteiger partial charge in [-0.1, -0.05) is 30.4 Å². The normalized spacial score (nSPS) is 13.3. The van der Waals surface area contributed by atoms with Gasteiger partial charge in [0.25, 0.3) is 0 Å². The van der Waals surface area contributed by atoms with Gasteiger partial charge in [-0.2, -0.15) is 8.42 Å². The van der Waals surface area contributed by atoms with Crippen LogP contribution in [0.3, 0.4) is 0 Å². The molecule has 1 aromatic rings. The Morgan fingerprint density at radius 1 is 1.26 bits per heavy atom. The number of rotatable bonds is 2. The monoisotopic (exact) mass is 287 g/mol. The molecule has 0 aromatic heterocycles. The van der Waals surface area contributed by atoms with Crippen molar-refractivity contribution in [2.75, 3.05) is 18.0 Å². The molecule has 1 aliphatic heterocycles. The van der Waals surface area contributed by atoms with Gasteiger partial charge in [0.2, 0.25) is 0 Å². The summed E-state index contributed by atoms with van der Waals surface area (Å²) in [4.78, 5) is 12.5. The SMILES string of the molecule is O=C(O)CN1CC=Cc2ccccc21.O=S(=O)(O)O. The molecule has 104 valence electrons. The zero-order valence-electron chi connectivity index (χ0n) is 9.80. The number of aliphatic carboxylic acids is 1. The Bertz CT molecular complexity index is 573. The van der Waals surface area contributed by atoms with Gasteiger partial charge in [-0.3, -0.25) is 13.9 Å². The number of para-hydroxylation sites is 1. The van der Waals surface area contributed by atoms with Crippen molar-refractivity contribution in [3.8, 4) is 0 Å². The maximum absolute atomic E-state index is 10.6. The molecule has 8 heteroatoms. The standard InChI is InChI=1S/C11H11NO2.H2O4S/c13-11(14)8-12-7-3-5-9-4-1-2-6-10(9)12;1-5(2,3)4/h1-6H,7-8H2,(H,13,14);(H2,1,2,3,4). The van der Waals surface area contributed by atoms with Crippen LogP contribution in [0.15, 0.2) is 30.3 Å². The van der Waals surface area contributed by atoms with Crippen LogP contribution >= 0.6 is 0 Å². The lowest BCUT2D eigenvalue weighted by atomic mass is 10.1. The molecule has 1 heterocycles. The number of carboxylic acid groups (broad SMARTS) is 1. The minimum Gasteiger partial charge on any atom is -0.480 e. The summed E-state index contributed by atoms with van der Waals surface area (Å²) >= 11 is 0. The highest BCUT2D eigenvalue weighted by atomic mass is 32.3. The highest BCUT2D eigenvalue weighted by Gasteiger charge is 2.14. The number of fused-ring (bicyclic) bond motifs is 1. The maximum Gasteiger partial charge on any atom is 0.394 e. The third-order valence-corrected chi connectivity index (χ3v) is 2.23. The van der Waals surface area contributed by atoms with Gasteiger partial charge in [0.15, 0.2) is 0 Å². The smallest absolute Gasteiger partial charge is 0.394 e. The number of hydrogen-bond acceptors (Lipinski definition) is 4. The molecule has 0 unspecified atom stereocenters. The molecule has 0 saturated carbocycles. The summed E-state index contributed by atoms with van der Waals surface area (Å²) in [5.74, 6) is -0.796. The first-order chi connectivity index (χ1) is 8.77. The van der Waals surface area contributed by atoms with Crippen molar-refractivity contribution in [2.45, 2.75) is 0 Å². The number of nitrogens with zero attached hydrogens (tertiary/aromatic N) is 1. The molecule has 2 rings (SSSR count). The summed E-state index contributed by atoms with van der Waals surface area (Å²) in [5.41, 5.74) is 2.08. The molecule has 0 fully saturated rings. The van der Waals surface area contributed by atoms with Crippen molar-refractivity contribution in [3.05, 3.63) is 35.9 Å². The van der Waals surface area contributed by atoms with E-state index in [2.05, 4.69) is 0 Å². The number of carboxylic acids is 1. The van der Waals surface area contributed by atoms with E-state index in [0.717, 1.165) is 11.3 Å². The third-order valence-electron chi connectivity index (χ3n) is 2.23. The van der Waals surface area contributed by atoms with Crippen LogP contribution in [0.1, 0.15) is 5.56 Å². The Hall–Kier alpha value is -1.90. The highest BCUT2D eigenvalue weighted by molar-refractivity contribution is 7.79. The Balaban J connectivity index is 0.000000312. The molecule has 7 nitrogen and oxygen atoms in total. The molecule has 19 heavy (non-hydrogen) atoms. The summed E-state index contributed by atoms with van der Waals surface area (Å²) in [5, 5.41) is 8.73. The van der Waals surface area contributed by atoms with Crippen LogP contribution in [-0.4, -0.2) is 41.7 Å². The fourth-order valence-electron chi connectivity index (χ4n) is 1.63. The van der Waals surface area contributed by atoms with Gasteiger partial charge < -0.3 is 10.0 Å². The minimum absolute atomic E-state index is 0.0569. The second-order valence-electron chi connectivity index (χ2n) is 3.68. The Morgan fingerprint density at radius 3 is 2.42 bits per heavy atom. The molecule has 0 aliphatic carbocycles. The van der Waals surface area contributed by atoms with E-state index in [9.17, 15) is 4.79 Å². The van der Waals surface area contributed by atoms with Crippen LogP contribution in [0, 0.1) is 0 Å². The fourth-order valence-corrected chi connectivity index (χ4v) is 1.63. The van der Waals surface area contributed by atoms with Crippen LogP contribution in [0.25, 0.3) is 6.08 Å². The predicted octanol–water partition coefficient (Wildman–Crippen LogP) is 0.952. The zero-order valence-corrected chi connectivity index (χ0v) is 10.6. The van der Waals surface area contributed by atoms with Gasteiger partial charge in [0.05, 0.1) is 0 Å². The molecule has 3 N–H and O–H groups in total. The first-order valence-electron chi connectivity index (χ1n) is 5.19. The van der Waals surface area contributed by atoms with E-state index in [0.29, 0.717) is 6.54 Å². The van der Waals surface area contributed by atoms with Crippen LogP contribution in [-0.2, 0) is 15.2 Å². The number of carbonyl (C=O) groups is 1. The summed E-state index contributed by atoms with van der Waals surface area (Å²) in [6.07, 6.45) is 4.00. The molecular formula is C11H13NO6S. The van der Waals surface area contributed by atoms with E-state index < -0.39 is 16.4 Å². The quantitative estimate of drug-likeness (QED) is 0.693. The van der Waals surface area contributed by atoms with Gasteiger partial charge in [-0.05, 0) is 11.6 Å². The second kappa shape index (κ2) is 6.32. The van der Waals surface area contributed by atoms with Crippen molar-refractivity contribution in [1.82, 2.24) is 0 Å². The van der Waals surface area contributed by atoms with E-state index >= 15 is 0 Å². The molecular weight excluding hydrogens is 274 g/mol. The second-order valence-corrected chi connectivity index (χ2v) is 4.58. The first kappa shape index (κ1) is 15.2. The van der Waals surface area contributed by atoms with Gasteiger partial charge in [0, 0.05) is 12.2 Å². The van der Waals surface area contributed by atoms with Gasteiger partial charge in [-0.15, -0.1) is 0 Å². The van der Waals surface area contributed by atoms with Gasteiger partial charge >= 0.3 is 16.4 Å². The van der Waals surface area contributed by atoms with E-state index in [1.54, 1.807) is 0 Å². The molecule has 0 atom stereocenters. The van der Waals surface area contributed by atoms with Crippen molar-refractivity contribution < 1.29 is 27.4 Å². The summed E-state index contributed by atoms with van der Waals surface area (Å²) in [7, 11) is -4.67. The van der Waals surface area contributed by atoms with Crippen LogP contribution in [0.5, 0.6) is 0 Å². The van der Waals surface area contributed by atoms with Gasteiger partial charge in [0.1, 0.15) is 6.54 Å². The summed E-state index contributed by atoms with van der Waals surface area (Å²) < 4.78 is 31.6. The molecule has 0 saturated heterocycles. The largest absolute Gasteiger partial charge is 0.480 e. The predicted molar refractivity (Wildman–Crippen MR) is 69.5 cm³/mol. The number of hydrogen-bond donors (Lipinski definition) is 3. The Labute approximate surface area is 110 Å². The highest BCUT2D eigenvalue weighted by Crippen LogP contribution is 2.24. The molecule has 0 amide bonds. The Kier molecular flexibility index (Phi) is 5.04. The van der Waals surface area contributed by atoms with Crippen molar-refractivity contribution in [3.63, 3.8) is 0 Å². The lowest BCUT2D eigenvalue weighted by molar-refractivity contribution is -0.135. The zero-order chi connectivity index (χ0) is 14.5. The lowest BCUT2D eigenvalue weighted by Gasteiger charge is -2.26. The van der Waals surface area contributed by atoms with Crippen molar-refractivity contribution in [1.29, 1.82) is 0 Å². The van der Waals surface area contributed by atoms with Crippen LogP contribution in [0.4, 0.5) is 5.69 Å². The average Bonchev–Trinajstić information content (AvgIpc) is 2.26. The van der Waals surface area contributed by atoms with E-state index in [4.69, 9.17) is 22.6 Å². The minimum atomic E-state index is -4.67. The molecule has 0 spiro atoms. The average molecular weight is 287 g/mol. The van der Waals surface area contributed by atoms with Crippen LogP contribution < -0.4 is 4.90 Å². The lowest BCUT2D eigenvalue weighted by Crippen LogP contribution is -2.31. The van der Waals surface area contributed by atoms with Gasteiger partial charge in [-0.25, -0.2) is 0 Å². The maximum atomic E-state index is 10.6. The topological polar surface area (TPSA) is 115 Å².